The summed E-state index contributed by atoms with van der Waals surface area (Å²) in [6.45, 7) is 5.96. The summed E-state index contributed by atoms with van der Waals surface area (Å²) in [5.74, 6) is 0.694. The summed E-state index contributed by atoms with van der Waals surface area (Å²) in [4.78, 5) is 16.3. The Morgan fingerprint density at radius 2 is 2.11 bits per heavy atom. The first-order valence-electron chi connectivity index (χ1n) is 6.25. The zero-order valence-electron chi connectivity index (χ0n) is 11.0. The third-order valence-corrected chi connectivity index (χ3v) is 2.70. The van der Waals surface area contributed by atoms with Crippen LogP contribution in [0.3, 0.4) is 0 Å². The van der Waals surface area contributed by atoms with Crippen molar-refractivity contribution in [2.45, 2.75) is 39.8 Å². The number of aryl methyl sites for hydroxylation is 1. The molecule has 0 N–H and O–H groups in total. The van der Waals surface area contributed by atoms with E-state index in [0.29, 0.717) is 0 Å². The van der Waals surface area contributed by atoms with Gasteiger partial charge >= 0.3 is 5.97 Å². The molecule has 0 unspecified atom stereocenters. The Morgan fingerprint density at radius 3 is 2.78 bits per heavy atom. The zero-order chi connectivity index (χ0) is 13.1. The van der Waals surface area contributed by atoms with E-state index in [2.05, 4.69) is 4.98 Å². The molecule has 0 spiro atoms. The molecule has 0 saturated heterocycles. The van der Waals surface area contributed by atoms with E-state index >= 15 is 0 Å². The van der Waals surface area contributed by atoms with Crippen LogP contribution in [0.4, 0.5) is 0 Å². The highest BCUT2D eigenvalue weighted by Crippen LogP contribution is 2.16. The van der Waals surface area contributed by atoms with Crippen LogP contribution in [0.25, 0.3) is 11.0 Å². The summed E-state index contributed by atoms with van der Waals surface area (Å²) in [6.07, 6.45) is 0.710. The van der Waals surface area contributed by atoms with Crippen LogP contribution in [0.5, 0.6) is 0 Å². The molecule has 0 amide bonds. The van der Waals surface area contributed by atoms with E-state index in [9.17, 15) is 4.79 Å². The number of imidazole rings is 1. The average Bonchev–Trinajstić information content (AvgIpc) is 2.66. The van der Waals surface area contributed by atoms with Crippen LogP contribution < -0.4 is 0 Å². The van der Waals surface area contributed by atoms with Crippen molar-refractivity contribution >= 4 is 17.0 Å². The van der Waals surface area contributed by atoms with Gasteiger partial charge in [-0.1, -0.05) is 19.1 Å². The van der Waals surface area contributed by atoms with E-state index in [0.717, 1.165) is 23.3 Å². The molecule has 0 radical (unpaired) electrons. The van der Waals surface area contributed by atoms with E-state index in [1.807, 2.05) is 49.6 Å². The van der Waals surface area contributed by atoms with Gasteiger partial charge in [-0.05, 0) is 26.0 Å². The van der Waals surface area contributed by atoms with Gasteiger partial charge in [0.05, 0.1) is 17.1 Å². The van der Waals surface area contributed by atoms with Crippen LogP contribution in [-0.2, 0) is 22.5 Å². The molecule has 2 rings (SSSR count). The highest BCUT2D eigenvalue weighted by atomic mass is 16.5. The van der Waals surface area contributed by atoms with Crippen molar-refractivity contribution in [3.63, 3.8) is 0 Å². The number of esters is 1. The molecule has 0 aliphatic heterocycles. The van der Waals surface area contributed by atoms with Crippen LogP contribution >= 0.6 is 0 Å². The van der Waals surface area contributed by atoms with Crippen molar-refractivity contribution in [3.05, 3.63) is 30.1 Å². The third kappa shape index (κ3) is 2.53. The van der Waals surface area contributed by atoms with Crippen molar-refractivity contribution in [1.82, 2.24) is 9.55 Å². The highest BCUT2D eigenvalue weighted by Gasteiger charge is 2.13. The first-order chi connectivity index (χ1) is 8.61. The van der Waals surface area contributed by atoms with Gasteiger partial charge in [0.25, 0.3) is 0 Å². The molecule has 4 nitrogen and oxygen atoms in total. The first kappa shape index (κ1) is 12.6. The minimum atomic E-state index is -0.220. The minimum absolute atomic E-state index is 0.0858. The number of rotatable bonds is 4. The first-order valence-corrected chi connectivity index (χ1v) is 6.25. The number of ether oxygens (including phenoxy) is 1. The Kier molecular flexibility index (Phi) is 3.65. The molecule has 1 heterocycles. The van der Waals surface area contributed by atoms with Gasteiger partial charge in [-0.15, -0.1) is 0 Å². The molecule has 96 valence electrons. The second kappa shape index (κ2) is 5.21. The Balaban J connectivity index is 2.33. The molecule has 4 heteroatoms. The second-order valence-electron chi connectivity index (χ2n) is 4.50. The highest BCUT2D eigenvalue weighted by molar-refractivity contribution is 5.78. The number of benzene rings is 1. The number of nitrogens with zero attached hydrogens (tertiary/aromatic N) is 2. The maximum atomic E-state index is 11.8. The summed E-state index contributed by atoms with van der Waals surface area (Å²) in [7, 11) is 0. The predicted octanol–water partition coefficient (Wildman–Crippen LogP) is 2.55. The molecule has 18 heavy (non-hydrogen) atoms. The van der Waals surface area contributed by atoms with Gasteiger partial charge in [0.1, 0.15) is 12.4 Å². The van der Waals surface area contributed by atoms with Gasteiger partial charge in [-0.25, -0.2) is 4.98 Å². The summed E-state index contributed by atoms with van der Waals surface area (Å²) in [5.41, 5.74) is 1.90. The van der Waals surface area contributed by atoms with Gasteiger partial charge in [0.2, 0.25) is 0 Å². The lowest BCUT2D eigenvalue weighted by Crippen LogP contribution is -2.18. The number of hydrogen-bond donors (Lipinski definition) is 0. The van der Waals surface area contributed by atoms with E-state index in [1.165, 1.54) is 0 Å². The monoisotopic (exact) mass is 246 g/mol. The van der Waals surface area contributed by atoms with E-state index < -0.39 is 0 Å². The van der Waals surface area contributed by atoms with Crippen molar-refractivity contribution in [3.8, 4) is 0 Å². The Bertz CT molecular complexity index is 558. The summed E-state index contributed by atoms with van der Waals surface area (Å²) in [5, 5.41) is 0. The largest absolute Gasteiger partial charge is 0.462 e. The molecule has 0 saturated carbocycles. The molecule has 0 fully saturated rings. The van der Waals surface area contributed by atoms with Gasteiger partial charge in [-0.3, -0.25) is 4.79 Å². The zero-order valence-corrected chi connectivity index (χ0v) is 11.0. The summed E-state index contributed by atoms with van der Waals surface area (Å²) >= 11 is 0. The maximum absolute atomic E-state index is 11.8. The van der Waals surface area contributed by atoms with Crippen LogP contribution in [-0.4, -0.2) is 21.6 Å². The lowest BCUT2D eigenvalue weighted by molar-refractivity contribution is -0.148. The number of carbonyl (C=O) groups excluding carboxylic acids is 1. The Hall–Kier alpha value is -1.84. The SMILES string of the molecule is CCc1nc2ccccc2n1CC(=O)OC(C)C. The fourth-order valence-electron chi connectivity index (χ4n) is 2.00. The summed E-state index contributed by atoms with van der Waals surface area (Å²) in [6, 6.07) is 7.84. The van der Waals surface area contributed by atoms with Gasteiger partial charge < -0.3 is 9.30 Å². The minimum Gasteiger partial charge on any atom is -0.462 e. The second-order valence-corrected chi connectivity index (χ2v) is 4.50. The van der Waals surface area contributed by atoms with Crippen molar-refractivity contribution in [1.29, 1.82) is 0 Å². The predicted molar refractivity (Wildman–Crippen MR) is 70.3 cm³/mol. The Labute approximate surface area is 107 Å². The van der Waals surface area contributed by atoms with Gasteiger partial charge in [-0.2, -0.15) is 0 Å². The lowest BCUT2D eigenvalue weighted by Gasteiger charge is -2.10. The van der Waals surface area contributed by atoms with Crippen LogP contribution in [0.1, 0.15) is 26.6 Å². The number of carbonyl (C=O) groups is 1. The number of para-hydroxylation sites is 2. The molecular weight excluding hydrogens is 228 g/mol. The molecule has 1 aromatic heterocycles. The number of fused-ring (bicyclic) bond motifs is 1. The summed E-state index contributed by atoms with van der Waals surface area (Å²) < 4.78 is 7.11. The van der Waals surface area contributed by atoms with Gasteiger partial charge in [0.15, 0.2) is 0 Å². The van der Waals surface area contributed by atoms with Gasteiger partial charge in [0, 0.05) is 6.42 Å². The standard InChI is InChI=1S/C14H18N2O2/c1-4-13-15-11-7-5-6-8-12(11)16(13)9-14(17)18-10(2)3/h5-8,10H,4,9H2,1-3H3. The average molecular weight is 246 g/mol. The van der Waals surface area contributed by atoms with Crippen molar-refractivity contribution < 1.29 is 9.53 Å². The quantitative estimate of drug-likeness (QED) is 0.779. The topological polar surface area (TPSA) is 44.1 Å². The van der Waals surface area contributed by atoms with Crippen LogP contribution in [0.15, 0.2) is 24.3 Å². The van der Waals surface area contributed by atoms with E-state index in [1.54, 1.807) is 0 Å². The molecule has 0 atom stereocenters. The molecule has 2 aromatic rings. The van der Waals surface area contributed by atoms with Crippen LogP contribution in [0.2, 0.25) is 0 Å². The fourth-order valence-corrected chi connectivity index (χ4v) is 2.00. The third-order valence-electron chi connectivity index (χ3n) is 2.70. The number of hydrogen-bond acceptors (Lipinski definition) is 3. The van der Waals surface area contributed by atoms with E-state index in [-0.39, 0.29) is 18.6 Å². The van der Waals surface area contributed by atoms with E-state index in [4.69, 9.17) is 4.74 Å². The number of aromatic nitrogens is 2. The van der Waals surface area contributed by atoms with Crippen LogP contribution in [0, 0.1) is 0 Å². The van der Waals surface area contributed by atoms with Crippen molar-refractivity contribution in [2.24, 2.45) is 0 Å². The lowest BCUT2D eigenvalue weighted by atomic mass is 10.3. The Morgan fingerprint density at radius 1 is 1.39 bits per heavy atom. The molecule has 0 aliphatic carbocycles. The molecule has 0 aliphatic rings. The molecule has 0 bridgehead atoms. The molecular formula is C14H18N2O2. The maximum Gasteiger partial charge on any atom is 0.326 e. The van der Waals surface area contributed by atoms with Crippen molar-refractivity contribution in [2.75, 3.05) is 0 Å². The normalized spacial score (nSPS) is 11.1. The smallest absolute Gasteiger partial charge is 0.326 e. The molecule has 1 aromatic carbocycles. The fraction of sp³-hybridized carbons (Fsp3) is 0.429.